The number of rotatable bonds is 6. The van der Waals surface area contributed by atoms with Gasteiger partial charge in [-0.1, -0.05) is 31.2 Å². The van der Waals surface area contributed by atoms with E-state index in [-0.39, 0.29) is 0 Å². The van der Waals surface area contributed by atoms with E-state index in [1.165, 1.54) is 0 Å². The highest BCUT2D eigenvalue weighted by Gasteiger charge is 2.29. The second-order valence-corrected chi connectivity index (χ2v) is 7.98. The highest BCUT2D eigenvalue weighted by atomic mass is 32.2. The maximum Gasteiger partial charge on any atom is 0.163 e. The second-order valence-electron chi connectivity index (χ2n) is 6.11. The van der Waals surface area contributed by atoms with Crippen molar-refractivity contribution in [3.05, 3.63) is 48.2 Å². The van der Waals surface area contributed by atoms with Gasteiger partial charge in [-0.05, 0) is 24.3 Å². The van der Waals surface area contributed by atoms with Gasteiger partial charge in [-0.15, -0.1) is 5.10 Å². The smallest absolute Gasteiger partial charge is 0.163 e. The summed E-state index contributed by atoms with van der Waals surface area (Å²) in [6, 6.07) is 10.2. The molecular formula is C18H20N4OS. The molecule has 1 atom stereocenters. The molecule has 0 bridgehead atoms. The molecule has 0 amide bonds. The van der Waals surface area contributed by atoms with Gasteiger partial charge in [0.15, 0.2) is 11.6 Å². The molecule has 1 aromatic carbocycles. The summed E-state index contributed by atoms with van der Waals surface area (Å²) in [5, 5.41) is 6.93. The lowest BCUT2D eigenvalue weighted by molar-refractivity contribution is 0.681. The van der Waals surface area contributed by atoms with Crippen LogP contribution in [0.2, 0.25) is 0 Å². The highest BCUT2D eigenvalue weighted by Crippen LogP contribution is 2.38. The average molecular weight is 340 g/mol. The first kappa shape index (κ1) is 15.4. The Morgan fingerprint density at radius 1 is 1.25 bits per heavy atom. The average Bonchev–Trinajstić information content (AvgIpc) is 3.39. The molecule has 0 N–H and O–H groups in total. The van der Waals surface area contributed by atoms with Crippen LogP contribution in [0.15, 0.2) is 36.5 Å². The van der Waals surface area contributed by atoms with Gasteiger partial charge in [0.1, 0.15) is 5.82 Å². The number of benzene rings is 1. The van der Waals surface area contributed by atoms with E-state index in [1.54, 1.807) is 0 Å². The van der Waals surface area contributed by atoms with Crippen LogP contribution in [0.1, 0.15) is 37.3 Å². The molecule has 24 heavy (non-hydrogen) atoms. The topological polar surface area (TPSA) is 60.7 Å². The Balaban J connectivity index is 1.79. The zero-order valence-electron chi connectivity index (χ0n) is 13.7. The highest BCUT2D eigenvalue weighted by molar-refractivity contribution is 7.84. The first-order valence-corrected chi connectivity index (χ1v) is 9.90. The standard InChI is InChI=1S/C18H20N4OS/c1-2-24(23)12-10-16-20-17(14-7-8-14)21-22(16)18-15-6-4-3-5-13(15)9-11-19-18/h3-6,9,11,14H,2,7-8,10,12H2,1H3/t24-/m1/s1. The number of pyridine rings is 1. The number of hydrogen-bond donors (Lipinski definition) is 0. The van der Waals surface area contributed by atoms with Gasteiger partial charge in [0.05, 0.1) is 0 Å². The monoisotopic (exact) mass is 340 g/mol. The zero-order chi connectivity index (χ0) is 16.5. The Kier molecular flexibility index (Phi) is 4.14. The van der Waals surface area contributed by atoms with Crippen molar-refractivity contribution in [3.63, 3.8) is 0 Å². The van der Waals surface area contributed by atoms with E-state index in [1.807, 2.05) is 36.0 Å². The van der Waals surface area contributed by atoms with E-state index < -0.39 is 10.8 Å². The van der Waals surface area contributed by atoms with Gasteiger partial charge >= 0.3 is 0 Å². The fourth-order valence-electron chi connectivity index (χ4n) is 2.83. The Morgan fingerprint density at radius 3 is 2.88 bits per heavy atom. The van der Waals surface area contributed by atoms with Gasteiger partial charge in [0.2, 0.25) is 0 Å². The molecule has 1 saturated carbocycles. The fraction of sp³-hybridized carbons (Fsp3) is 0.389. The summed E-state index contributed by atoms with van der Waals surface area (Å²) in [6.45, 7) is 1.95. The summed E-state index contributed by atoms with van der Waals surface area (Å²) >= 11 is 0. The van der Waals surface area contributed by atoms with Crippen LogP contribution >= 0.6 is 0 Å². The Labute approximate surface area is 143 Å². The van der Waals surface area contributed by atoms with Crippen LogP contribution in [0.3, 0.4) is 0 Å². The molecular weight excluding hydrogens is 320 g/mol. The molecule has 0 saturated heterocycles. The van der Waals surface area contributed by atoms with Crippen molar-refractivity contribution in [2.24, 2.45) is 0 Å². The van der Waals surface area contributed by atoms with E-state index >= 15 is 0 Å². The van der Waals surface area contributed by atoms with Crippen LogP contribution in [0.25, 0.3) is 16.6 Å². The number of aromatic nitrogens is 4. The number of aryl methyl sites for hydroxylation is 1. The zero-order valence-corrected chi connectivity index (χ0v) is 14.5. The predicted molar refractivity (Wildman–Crippen MR) is 95.9 cm³/mol. The largest absolute Gasteiger partial charge is 0.260 e. The van der Waals surface area contributed by atoms with Crippen molar-refractivity contribution in [1.82, 2.24) is 19.7 Å². The molecule has 1 fully saturated rings. The first-order chi connectivity index (χ1) is 11.8. The summed E-state index contributed by atoms with van der Waals surface area (Å²) in [4.78, 5) is 9.30. The molecule has 0 radical (unpaired) electrons. The first-order valence-electron chi connectivity index (χ1n) is 8.41. The lowest BCUT2D eigenvalue weighted by Gasteiger charge is -2.08. The summed E-state index contributed by atoms with van der Waals surface area (Å²) in [7, 11) is -0.807. The number of fused-ring (bicyclic) bond motifs is 1. The SMILES string of the molecule is CC[S@@](=O)CCc1nc(C2CC2)nn1-c1nccc2ccccc12. The van der Waals surface area contributed by atoms with Crippen LogP contribution in [-0.2, 0) is 17.2 Å². The van der Waals surface area contributed by atoms with Crippen molar-refractivity contribution in [1.29, 1.82) is 0 Å². The third-order valence-corrected chi connectivity index (χ3v) is 5.67. The molecule has 124 valence electrons. The molecule has 0 spiro atoms. The van der Waals surface area contributed by atoms with Gasteiger partial charge < -0.3 is 0 Å². The lowest BCUT2D eigenvalue weighted by Crippen LogP contribution is -2.10. The molecule has 3 aromatic rings. The van der Waals surface area contributed by atoms with Gasteiger partial charge in [0.25, 0.3) is 0 Å². The van der Waals surface area contributed by atoms with Crippen LogP contribution in [0.5, 0.6) is 0 Å². The molecule has 1 aliphatic rings. The van der Waals surface area contributed by atoms with E-state index in [9.17, 15) is 4.21 Å². The van der Waals surface area contributed by atoms with Gasteiger partial charge in [-0.25, -0.2) is 9.97 Å². The minimum atomic E-state index is -0.807. The van der Waals surface area contributed by atoms with E-state index in [4.69, 9.17) is 10.1 Å². The van der Waals surface area contributed by atoms with E-state index in [0.717, 1.165) is 41.1 Å². The quantitative estimate of drug-likeness (QED) is 0.692. The van der Waals surface area contributed by atoms with Crippen molar-refractivity contribution in [3.8, 4) is 5.82 Å². The predicted octanol–water partition coefficient (Wildman–Crippen LogP) is 3.00. The number of nitrogens with zero attached hydrogens (tertiary/aromatic N) is 4. The minimum absolute atomic E-state index is 0.483. The summed E-state index contributed by atoms with van der Waals surface area (Å²) in [5.74, 6) is 4.35. The van der Waals surface area contributed by atoms with Crippen LogP contribution in [-0.4, -0.2) is 35.5 Å². The molecule has 4 rings (SSSR count). The Bertz CT molecular complexity index is 896. The maximum atomic E-state index is 11.8. The summed E-state index contributed by atoms with van der Waals surface area (Å²) in [5.41, 5.74) is 0. The van der Waals surface area contributed by atoms with Gasteiger partial charge in [0, 0.05) is 46.2 Å². The van der Waals surface area contributed by atoms with Crippen LogP contribution in [0.4, 0.5) is 0 Å². The van der Waals surface area contributed by atoms with Crippen molar-refractivity contribution < 1.29 is 4.21 Å². The maximum absolute atomic E-state index is 11.8. The van der Waals surface area contributed by atoms with Crippen molar-refractivity contribution >= 4 is 21.6 Å². The lowest BCUT2D eigenvalue weighted by atomic mass is 10.1. The van der Waals surface area contributed by atoms with Gasteiger partial charge in [-0.2, -0.15) is 4.68 Å². The molecule has 2 aromatic heterocycles. The van der Waals surface area contributed by atoms with E-state index in [2.05, 4.69) is 17.1 Å². The van der Waals surface area contributed by atoms with Crippen molar-refractivity contribution in [2.45, 2.75) is 32.1 Å². The molecule has 0 unspecified atom stereocenters. The second kappa shape index (κ2) is 6.43. The molecule has 6 heteroatoms. The van der Waals surface area contributed by atoms with Crippen LogP contribution < -0.4 is 0 Å². The molecule has 5 nitrogen and oxygen atoms in total. The van der Waals surface area contributed by atoms with Crippen LogP contribution in [0, 0.1) is 0 Å². The Morgan fingerprint density at radius 2 is 2.08 bits per heavy atom. The fourth-order valence-corrected chi connectivity index (χ4v) is 3.53. The molecule has 2 heterocycles. The molecule has 0 aliphatic heterocycles. The van der Waals surface area contributed by atoms with Gasteiger partial charge in [-0.3, -0.25) is 4.21 Å². The number of hydrogen-bond acceptors (Lipinski definition) is 4. The third-order valence-electron chi connectivity index (χ3n) is 4.36. The normalized spacial score (nSPS) is 15.7. The van der Waals surface area contributed by atoms with E-state index in [0.29, 0.717) is 23.8 Å². The Hall–Kier alpha value is -2.08. The van der Waals surface area contributed by atoms with Crippen molar-refractivity contribution in [2.75, 3.05) is 11.5 Å². The summed E-state index contributed by atoms with van der Waals surface area (Å²) < 4.78 is 13.7. The third kappa shape index (κ3) is 2.98. The minimum Gasteiger partial charge on any atom is -0.260 e. The molecule has 1 aliphatic carbocycles. The summed E-state index contributed by atoms with van der Waals surface area (Å²) in [6.07, 6.45) is 4.79.